The molecular formula is C27H32N8O2. The summed E-state index contributed by atoms with van der Waals surface area (Å²) in [6.07, 6.45) is 2.13. The van der Waals surface area contributed by atoms with Crippen molar-refractivity contribution in [2.24, 2.45) is 7.05 Å². The highest BCUT2D eigenvalue weighted by Gasteiger charge is 2.28. The molecule has 1 aliphatic rings. The van der Waals surface area contributed by atoms with Crippen LogP contribution in [-0.2, 0) is 20.1 Å². The number of piperidine rings is 1. The number of hydrogen-bond acceptors (Lipinski definition) is 7. The molecule has 3 aromatic heterocycles. The second-order valence-electron chi connectivity index (χ2n) is 9.78. The van der Waals surface area contributed by atoms with Gasteiger partial charge in [-0.15, -0.1) is 5.92 Å². The first-order valence-electron chi connectivity index (χ1n) is 12.5. The summed E-state index contributed by atoms with van der Waals surface area (Å²) in [6, 6.07) is 8.09. The third-order valence-corrected chi connectivity index (χ3v) is 7.18. The van der Waals surface area contributed by atoms with E-state index in [9.17, 15) is 9.59 Å². The highest BCUT2D eigenvalue weighted by Crippen LogP contribution is 2.24. The molecule has 1 atom stereocenters. The molecule has 1 unspecified atom stereocenters. The van der Waals surface area contributed by atoms with E-state index in [0.29, 0.717) is 35.5 Å². The number of aryl methyl sites for hydroxylation is 2. The summed E-state index contributed by atoms with van der Waals surface area (Å²) in [6.45, 7) is 5.59. The Bertz CT molecular complexity index is 1670. The van der Waals surface area contributed by atoms with Gasteiger partial charge in [0.2, 0.25) is 5.95 Å². The lowest BCUT2D eigenvalue weighted by Gasteiger charge is -2.36. The zero-order chi connectivity index (χ0) is 26.3. The average molecular weight is 501 g/mol. The minimum Gasteiger partial charge on any atom is -0.341 e. The molecule has 5 rings (SSSR count). The number of fused-ring (bicyclic) bond motifs is 2. The zero-order valence-corrected chi connectivity index (χ0v) is 22.0. The molecule has 4 heterocycles. The molecule has 0 bridgehead atoms. The zero-order valence-electron chi connectivity index (χ0n) is 22.0. The van der Waals surface area contributed by atoms with Crippen LogP contribution in [0.3, 0.4) is 0 Å². The van der Waals surface area contributed by atoms with E-state index in [1.165, 1.54) is 9.13 Å². The van der Waals surface area contributed by atoms with Crippen LogP contribution in [0.15, 0.2) is 33.9 Å². The van der Waals surface area contributed by atoms with Crippen LogP contribution in [0.2, 0.25) is 0 Å². The van der Waals surface area contributed by atoms with Gasteiger partial charge < -0.3 is 9.80 Å². The largest absolute Gasteiger partial charge is 0.341 e. The summed E-state index contributed by atoms with van der Waals surface area (Å²) in [5.41, 5.74) is 1.45. The summed E-state index contributed by atoms with van der Waals surface area (Å²) in [7, 11) is 5.82. The normalized spacial score (nSPS) is 15.9. The van der Waals surface area contributed by atoms with Gasteiger partial charge in [0.25, 0.3) is 5.56 Å². The van der Waals surface area contributed by atoms with E-state index < -0.39 is 11.2 Å². The molecule has 4 aromatic rings. The summed E-state index contributed by atoms with van der Waals surface area (Å²) >= 11 is 0. The predicted octanol–water partition coefficient (Wildman–Crippen LogP) is 1.75. The highest BCUT2D eigenvalue weighted by atomic mass is 16.2. The molecule has 0 radical (unpaired) electrons. The van der Waals surface area contributed by atoms with Crippen molar-refractivity contribution in [3.05, 3.63) is 56.6 Å². The third kappa shape index (κ3) is 4.40. The first-order valence-corrected chi connectivity index (χ1v) is 12.5. The van der Waals surface area contributed by atoms with Crippen LogP contribution in [0.25, 0.3) is 22.1 Å². The molecule has 0 amide bonds. The van der Waals surface area contributed by atoms with Crippen molar-refractivity contribution < 1.29 is 0 Å². The van der Waals surface area contributed by atoms with Crippen LogP contribution in [0.1, 0.15) is 31.3 Å². The molecule has 10 nitrogen and oxygen atoms in total. The molecule has 1 aliphatic heterocycles. The summed E-state index contributed by atoms with van der Waals surface area (Å²) in [4.78, 5) is 45.7. The number of rotatable bonds is 5. The van der Waals surface area contributed by atoms with Crippen LogP contribution in [0.5, 0.6) is 0 Å². The summed E-state index contributed by atoms with van der Waals surface area (Å²) < 4.78 is 4.50. The van der Waals surface area contributed by atoms with Gasteiger partial charge in [-0.3, -0.25) is 18.5 Å². The summed E-state index contributed by atoms with van der Waals surface area (Å²) in [5, 5.41) is 0.945. The van der Waals surface area contributed by atoms with Crippen LogP contribution in [-0.4, -0.2) is 66.8 Å². The number of likely N-dealkylation sites (N-methyl/N-ethyl adjacent to an activating group) is 1. The van der Waals surface area contributed by atoms with Crippen LogP contribution in [0.4, 0.5) is 5.95 Å². The van der Waals surface area contributed by atoms with Gasteiger partial charge in [0, 0.05) is 37.3 Å². The van der Waals surface area contributed by atoms with Crippen molar-refractivity contribution in [1.29, 1.82) is 0 Å². The van der Waals surface area contributed by atoms with Crippen LogP contribution < -0.4 is 16.1 Å². The standard InChI is InChI=1S/C27H32N8O2/c1-6-7-15-34-23-24(30-26(34)33-14-10-11-19(16-33)31(3)4)32(5)27(37)35(25(23)36)17-22-28-18(2)20-12-8-9-13-21(20)29-22/h8-9,12-13,19H,10-11,14-17H2,1-5H3. The number of aromatic nitrogens is 6. The topological polar surface area (TPSA) is 94.1 Å². The first-order chi connectivity index (χ1) is 17.8. The lowest BCUT2D eigenvalue weighted by atomic mass is 10.1. The molecule has 192 valence electrons. The Balaban J connectivity index is 1.66. The fraction of sp³-hybridized carbons (Fsp3) is 0.444. The molecule has 0 spiro atoms. The Morgan fingerprint density at radius 2 is 1.89 bits per heavy atom. The third-order valence-electron chi connectivity index (χ3n) is 7.18. The Kier molecular flexibility index (Phi) is 6.56. The summed E-state index contributed by atoms with van der Waals surface area (Å²) in [5.74, 6) is 7.11. The Hall–Kier alpha value is -3.97. The van der Waals surface area contributed by atoms with Crippen molar-refractivity contribution in [1.82, 2.24) is 33.6 Å². The van der Waals surface area contributed by atoms with E-state index in [1.807, 2.05) is 35.8 Å². The molecule has 1 saturated heterocycles. The lowest BCUT2D eigenvalue weighted by Crippen LogP contribution is -2.46. The van der Waals surface area contributed by atoms with Gasteiger partial charge in [0.1, 0.15) is 5.82 Å². The number of nitrogens with zero attached hydrogens (tertiary/aromatic N) is 8. The first kappa shape index (κ1) is 24.7. The maximum atomic E-state index is 13.9. The predicted molar refractivity (Wildman–Crippen MR) is 145 cm³/mol. The van der Waals surface area contributed by atoms with Gasteiger partial charge in [0.05, 0.1) is 18.6 Å². The molecule has 1 fully saturated rings. The van der Waals surface area contributed by atoms with Gasteiger partial charge >= 0.3 is 5.69 Å². The molecule has 1 aromatic carbocycles. The van der Waals surface area contributed by atoms with Crippen molar-refractivity contribution in [3.63, 3.8) is 0 Å². The smallest absolute Gasteiger partial charge is 0.332 e. The van der Waals surface area contributed by atoms with E-state index in [1.54, 1.807) is 14.0 Å². The number of anilines is 1. The minimum atomic E-state index is -0.450. The number of imidazole rings is 1. The molecule has 0 aliphatic carbocycles. The van der Waals surface area contributed by atoms with Gasteiger partial charge in [-0.25, -0.2) is 14.8 Å². The van der Waals surface area contributed by atoms with Crippen molar-refractivity contribution in [2.45, 2.75) is 45.8 Å². The number of benzene rings is 1. The van der Waals surface area contributed by atoms with Crippen LogP contribution in [0, 0.1) is 18.8 Å². The van der Waals surface area contributed by atoms with E-state index in [0.717, 1.165) is 42.5 Å². The molecule has 37 heavy (non-hydrogen) atoms. The average Bonchev–Trinajstić information content (AvgIpc) is 3.28. The van der Waals surface area contributed by atoms with Crippen molar-refractivity contribution in [2.75, 3.05) is 32.1 Å². The SMILES string of the molecule is CC#CCn1c(N2CCCC(N(C)C)C2)nc2c1c(=O)n(Cc1nc(C)c3ccccc3n1)c(=O)n2C. The Morgan fingerprint density at radius 3 is 2.65 bits per heavy atom. The maximum absolute atomic E-state index is 13.9. The molecule has 0 saturated carbocycles. The highest BCUT2D eigenvalue weighted by molar-refractivity contribution is 5.80. The van der Waals surface area contributed by atoms with Gasteiger partial charge in [-0.1, -0.05) is 24.1 Å². The minimum absolute atomic E-state index is 0.0283. The second-order valence-corrected chi connectivity index (χ2v) is 9.78. The van der Waals surface area contributed by atoms with Crippen molar-refractivity contribution >= 4 is 28.0 Å². The second kappa shape index (κ2) is 9.82. The number of hydrogen-bond donors (Lipinski definition) is 0. The van der Waals surface area contributed by atoms with Gasteiger partial charge in [-0.2, -0.15) is 4.98 Å². The maximum Gasteiger partial charge on any atom is 0.332 e. The van der Waals surface area contributed by atoms with E-state index in [-0.39, 0.29) is 6.54 Å². The fourth-order valence-electron chi connectivity index (χ4n) is 5.11. The monoisotopic (exact) mass is 500 g/mol. The van der Waals surface area contributed by atoms with Gasteiger partial charge in [0.15, 0.2) is 11.2 Å². The molecule has 10 heteroatoms. The molecular weight excluding hydrogens is 468 g/mol. The van der Waals surface area contributed by atoms with E-state index >= 15 is 0 Å². The lowest BCUT2D eigenvalue weighted by molar-refractivity contribution is 0.256. The van der Waals surface area contributed by atoms with Crippen LogP contribution >= 0.6 is 0 Å². The number of para-hydroxylation sites is 1. The Morgan fingerprint density at radius 1 is 1.11 bits per heavy atom. The molecule has 0 N–H and O–H groups in total. The van der Waals surface area contributed by atoms with Crippen molar-refractivity contribution in [3.8, 4) is 11.8 Å². The quantitative estimate of drug-likeness (QED) is 0.386. The Labute approximate surface area is 215 Å². The fourth-order valence-corrected chi connectivity index (χ4v) is 5.11. The van der Waals surface area contributed by atoms with Gasteiger partial charge in [-0.05, 0) is 46.9 Å². The van der Waals surface area contributed by atoms with E-state index in [2.05, 4.69) is 45.7 Å². The van der Waals surface area contributed by atoms with E-state index in [4.69, 9.17) is 4.98 Å².